The van der Waals surface area contributed by atoms with Crippen LogP contribution >= 0.6 is 0 Å². The Kier molecular flexibility index (Phi) is 4.44. The van der Waals surface area contributed by atoms with Crippen LogP contribution in [0.15, 0.2) is 66.9 Å². The first-order valence-corrected chi connectivity index (χ1v) is 8.83. The molecule has 132 valence electrons. The van der Waals surface area contributed by atoms with Gasteiger partial charge in [0.15, 0.2) is 11.4 Å². The molecule has 1 aromatic heterocycles. The van der Waals surface area contributed by atoms with Gasteiger partial charge in [-0.2, -0.15) is 5.10 Å². The molecule has 5 heteroatoms. The normalized spacial score (nSPS) is 16.7. The van der Waals surface area contributed by atoms with Crippen LogP contribution < -0.4 is 4.74 Å². The number of benzene rings is 2. The van der Waals surface area contributed by atoms with Gasteiger partial charge in [-0.25, -0.2) is 4.68 Å². The number of para-hydroxylation sites is 1. The maximum Gasteiger partial charge on any atom is 0.278 e. The number of likely N-dealkylation sites (tertiary alicyclic amines) is 1. The van der Waals surface area contributed by atoms with E-state index in [0.717, 1.165) is 25.1 Å². The molecule has 2 heterocycles. The van der Waals surface area contributed by atoms with Gasteiger partial charge in [-0.1, -0.05) is 48.5 Å². The second-order valence-electron chi connectivity index (χ2n) is 6.39. The van der Waals surface area contributed by atoms with Crippen molar-refractivity contribution in [3.05, 3.63) is 78.1 Å². The zero-order chi connectivity index (χ0) is 17.9. The number of amides is 1. The summed E-state index contributed by atoms with van der Waals surface area (Å²) in [6.07, 6.45) is 3.72. The van der Waals surface area contributed by atoms with Crippen LogP contribution in [-0.4, -0.2) is 34.2 Å². The van der Waals surface area contributed by atoms with Gasteiger partial charge < -0.3 is 9.64 Å². The minimum atomic E-state index is -0.0807. The Morgan fingerprint density at radius 3 is 2.46 bits per heavy atom. The fraction of sp³-hybridized carbons (Fsp3) is 0.238. The standard InChI is InChI=1S/C21H21N3O2/c1-26-19-15-24(17-11-6-3-7-12-17)22-20(19)21(25)23-14-8-13-18(23)16-9-4-2-5-10-16/h2-7,9-12,15,18H,8,13-14H2,1H3. The van der Waals surface area contributed by atoms with Crippen LogP contribution in [-0.2, 0) is 0 Å². The van der Waals surface area contributed by atoms with Crippen LogP contribution in [0.4, 0.5) is 0 Å². The lowest BCUT2D eigenvalue weighted by molar-refractivity contribution is 0.0726. The molecular formula is C21H21N3O2. The molecule has 0 aliphatic carbocycles. The molecule has 1 unspecified atom stereocenters. The number of carbonyl (C=O) groups is 1. The lowest BCUT2D eigenvalue weighted by atomic mass is 10.0. The van der Waals surface area contributed by atoms with Crippen molar-refractivity contribution in [2.24, 2.45) is 0 Å². The number of hydrogen-bond acceptors (Lipinski definition) is 3. The summed E-state index contributed by atoms with van der Waals surface area (Å²) in [5.74, 6) is 0.417. The van der Waals surface area contributed by atoms with Crippen molar-refractivity contribution in [2.75, 3.05) is 13.7 Å². The molecule has 0 bridgehead atoms. The first-order chi connectivity index (χ1) is 12.8. The van der Waals surface area contributed by atoms with Gasteiger partial charge in [0.05, 0.1) is 25.0 Å². The number of methoxy groups -OCH3 is 1. The van der Waals surface area contributed by atoms with Crippen molar-refractivity contribution < 1.29 is 9.53 Å². The van der Waals surface area contributed by atoms with Gasteiger partial charge in [0, 0.05) is 6.54 Å². The molecule has 3 aromatic rings. The predicted molar refractivity (Wildman–Crippen MR) is 99.6 cm³/mol. The summed E-state index contributed by atoms with van der Waals surface area (Å²) in [7, 11) is 1.57. The van der Waals surface area contributed by atoms with Crippen molar-refractivity contribution in [3.8, 4) is 11.4 Å². The van der Waals surface area contributed by atoms with Gasteiger partial charge in [-0.15, -0.1) is 0 Å². The molecule has 26 heavy (non-hydrogen) atoms. The summed E-state index contributed by atoms with van der Waals surface area (Å²) in [5.41, 5.74) is 2.42. The van der Waals surface area contributed by atoms with E-state index < -0.39 is 0 Å². The van der Waals surface area contributed by atoms with Gasteiger partial charge in [0.2, 0.25) is 0 Å². The third kappa shape index (κ3) is 2.96. The van der Waals surface area contributed by atoms with E-state index in [9.17, 15) is 4.79 Å². The fourth-order valence-corrected chi connectivity index (χ4v) is 3.54. The summed E-state index contributed by atoms with van der Waals surface area (Å²) < 4.78 is 7.13. The van der Waals surface area contributed by atoms with Crippen molar-refractivity contribution in [1.29, 1.82) is 0 Å². The van der Waals surface area contributed by atoms with Gasteiger partial charge >= 0.3 is 0 Å². The van der Waals surface area contributed by atoms with E-state index in [4.69, 9.17) is 4.74 Å². The zero-order valence-corrected chi connectivity index (χ0v) is 14.7. The first kappa shape index (κ1) is 16.4. The summed E-state index contributed by atoms with van der Waals surface area (Å²) in [6, 6.07) is 20.0. The van der Waals surface area contributed by atoms with E-state index >= 15 is 0 Å². The zero-order valence-electron chi connectivity index (χ0n) is 14.7. The van der Waals surface area contributed by atoms with Gasteiger partial charge in [0.25, 0.3) is 5.91 Å². The number of ether oxygens (including phenoxy) is 1. The predicted octanol–water partition coefficient (Wildman–Crippen LogP) is 3.86. The lowest BCUT2D eigenvalue weighted by Crippen LogP contribution is -2.31. The van der Waals surface area contributed by atoms with Crippen LogP contribution in [0.5, 0.6) is 5.75 Å². The van der Waals surface area contributed by atoms with Gasteiger partial charge in [0.1, 0.15) is 0 Å². The Morgan fingerprint density at radius 2 is 1.77 bits per heavy atom. The largest absolute Gasteiger partial charge is 0.493 e. The maximum absolute atomic E-state index is 13.2. The number of nitrogens with zero attached hydrogens (tertiary/aromatic N) is 3. The van der Waals surface area contributed by atoms with E-state index in [2.05, 4.69) is 17.2 Å². The Balaban J connectivity index is 1.66. The van der Waals surface area contributed by atoms with Crippen LogP contribution in [0.1, 0.15) is 34.9 Å². The molecule has 1 aliphatic rings. The van der Waals surface area contributed by atoms with E-state index in [1.807, 2.05) is 53.4 Å². The minimum Gasteiger partial charge on any atom is -0.493 e. The summed E-state index contributed by atoms with van der Waals surface area (Å²) in [5, 5.41) is 4.52. The smallest absolute Gasteiger partial charge is 0.278 e. The van der Waals surface area contributed by atoms with Crippen molar-refractivity contribution >= 4 is 5.91 Å². The topological polar surface area (TPSA) is 47.4 Å². The molecule has 0 N–H and O–H groups in total. The maximum atomic E-state index is 13.2. The van der Waals surface area contributed by atoms with Crippen LogP contribution in [0.25, 0.3) is 5.69 Å². The molecule has 1 amide bonds. The average Bonchev–Trinajstić information content (AvgIpc) is 3.36. The van der Waals surface area contributed by atoms with E-state index in [-0.39, 0.29) is 11.9 Å². The number of hydrogen-bond donors (Lipinski definition) is 0. The quantitative estimate of drug-likeness (QED) is 0.720. The molecule has 2 aromatic carbocycles. The van der Waals surface area contributed by atoms with Crippen LogP contribution in [0.2, 0.25) is 0 Å². The third-order valence-corrected chi connectivity index (χ3v) is 4.82. The van der Waals surface area contributed by atoms with Crippen LogP contribution in [0.3, 0.4) is 0 Å². The second-order valence-corrected chi connectivity index (χ2v) is 6.39. The monoisotopic (exact) mass is 347 g/mol. The van der Waals surface area contributed by atoms with Crippen molar-refractivity contribution in [3.63, 3.8) is 0 Å². The first-order valence-electron chi connectivity index (χ1n) is 8.83. The second kappa shape index (κ2) is 7.04. The highest BCUT2D eigenvalue weighted by Gasteiger charge is 2.33. The third-order valence-electron chi connectivity index (χ3n) is 4.82. The molecule has 1 atom stereocenters. The summed E-state index contributed by atoms with van der Waals surface area (Å²) >= 11 is 0. The Morgan fingerprint density at radius 1 is 1.08 bits per heavy atom. The summed E-state index contributed by atoms with van der Waals surface area (Å²) in [4.78, 5) is 15.1. The molecule has 1 fully saturated rings. The molecule has 5 nitrogen and oxygen atoms in total. The number of aromatic nitrogens is 2. The Hall–Kier alpha value is -3.08. The molecule has 0 saturated carbocycles. The fourth-order valence-electron chi connectivity index (χ4n) is 3.54. The van der Waals surface area contributed by atoms with Crippen LogP contribution in [0, 0.1) is 0 Å². The van der Waals surface area contributed by atoms with Crippen molar-refractivity contribution in [2.45, 2.75) is 18.9 Å². The highest BCUT2D eigenvalue weighted by atomic mass is 16.5. The molecule has 0 spiro atoms. The van der Waals surface area contributed by atoms with E-state index in [0.29, 0.717) is 11.4 Å². The van der Waals surface area contributed by atoms with E-state index in [1.54, 1.807) is 18.0 Å². The molecule has 1 aliphatic heterocycles. The number of carbonyl (C=O) groups excluding carboxylic acids is 1. The SMILES string of the molecule is COc1cn(-c2ccccc2)nc1C(=O)N1CCCC1c1ccccc1. The van der Waals surface area contributed by atoms with Crippen molar-refractivity contribution in [1.82, 2.24) is 14.7 Å². The molecule has 4 rings (SSSR count). The molecule has 1 saturated heterocycles. The highest BCUT2D eigenvalue weighted by molar-refractivity contribution is 5.95. The summed E-state index contributed by atoms with van der Waals surface area (Å²) in [6.45, 7) is 0.736. The van der Waals surface area contributed by atoms with Gasteiger partial charge in [-0.3, -0.25) is 4.79 Å². The lowest BCUT2D eigenvalue weighted by Gasteiger charge is -2.24. The average molecular weight is 347 g/mol. The minimum absolute atomic E-state index is 0.0807. The molecular weight excluding hydrogens is 326 g/mol. The Bertz CT molecular complexity index is 890. The Labute approximate surface area is 152 Å². The van der Waals surface area contributed by atoms with Gasteiger partial charge in [-0.05, 0) is 30.5 Å². The highest BCUT2D eigenvalue weighted by Crippen LogP contribution is 2.34. The molecule has 0 radical (unpaired) electrons. The number of rotatable bonds is 4. The van der Waals surface area contributed by atoms with E-state index in [1.165, 1.54) is 5.56 Å².